The van der Waals surface area contributed by atoms with Crippen molar-refractivity contribution in [3.8, 4) is 11.5 Å². The largest absolute Gasteiger partial charge is 0.454 e. The highest BCUT2D eigenvalue weighted by molar-refractivity contribution is 5.97. The van der Waals surface area contributed by atoms with Gasteiger partial charge in [-0.2, -0.15) is 0 Å². The molecule has 0 spiro atoms. The molecule has 116 valence electrons. The quantitative estimate of drug-likeness (QED) is 0.690. The first-order valence-corrected chi connectivity index (χ1v) is 7.68. The number of Topliss-reactive ketones (excluding diaryl/α,β-unsaturated/α-hetero) is 1. The molecule has 4 nitrogen and oxygen atoms in total. The van der Waals surface area contributed by atoms with Crippen LogP contribution in [0.4, 0.5) is 0 Å². The summed E-state index contributed by atoms with van der Waals surface area (Å²) in [6.45, 7) is 0.225. The van der Waals surface area contributed by atoms with Crippen molar-refractivity contribution in [2.75, 3.05) is 6.79 Å². The number of hydrogen-bond donors (Lipinski definition) is 0. The second-order valence-electron chi connectivity index (χ2n) is 5.77. The Morgan fingerprint density at radius 2 is 1.96 bits per heavy atom. The third-order valence-electron chi connectivity index (χ3n) is 4.30. The van der Waals surface area contributed by atoms with Crippen LogP contribution in [0.2, 0.25) is 0 Å². The van der Waals surface area contributed by atoms with Gasteiger partial charge < -0.3 is 14.0 Å². The Balaban J connectivity index is 1.53. The summed E-state index contributed by atoms with van der Waals surface area (Å²) in [6, 6.07) is 13.6. The summed E-state index contributed by atoms with van der Waals surface area (Å²) in [4.78, 5) is 12.5. The molecule has 3 aromatic rings. The number of benzene rings is 2. The van der Waals surface area contributed by atoms with Crippen LogP contribution in [0.15, 0.2) is 48.7 Å². The number of carbonyl (C=O) groups excluding carboxylic acids is 1. The van der Waals surface area contributed by atoms with E-state index in [2.05, 4.69) is 22.9 Å². The molecule has 0 fully saturated rings. The van der Waals surface area contributed by atoms with Gasteiger partial charge in [0, 0.05) is 36.1 Å². The van der Waals surface area contributed by atoms with Crippen LogP contribution < -0.4 is 9.47 Å². The van der Waals surface area contributed by atoms with Crippen LogP contribution in [0.1, 0.15) is 22.3 Å². The molecule has 0 radical (unpaired) electrons. The third kappa shape index (κ3) is 2.46. The van der Waals surface area contributed by atoms with Gasteiger partial charge in [0.2, 0.25) is 6.79 Å². The van der Waals surface area contributed by atoms with E-state index in [-0.39, 0.29) is 12.6 Å². The van der Waals surface area contributed by atoms with Crippen LogP contribution in [0.5, 0.6) is 11.5 Å². The molecule has 4 rings (SSSR count). The zero-order valence-electron chi connectivity index (χ0n) is 12.9. The monoisotopic (exact) mass is 307 g/mol. The van der Waals surface area contributed by atoms with Crippen molar-refractivity contribution in [2.45, 2.75) is 12.8 Å². The van der Waals surface area contributed by atoms with Crippen molar-refractivity contribution >= 4 is 16.7 Å². The third-order valence-corrected chi connectivity index (χ3v) is 4.30. The Morgan fingerprint density at radius 3 is 2.87 bits per heavy atom. The number of nitrogens with zero attached hydrogens (tertiary/aromatic N) is 1. The van der Waals surface area contributed by atoms with Gasteiger partial charge in [-0.15, -0.1) is 0 Å². The van der Waals surface area contributed by atoms with E-state index in [1.807, 2.05) is 19.2 Å². The number of ketones is 1. The fourth-order valence-corrected chi connectivity index (χ4v) is 3.09. The number of para-hydroxylation sites is 1. The minimum absolute atomic E-state index is 0.122. The van der Waals surface area contributed by atoms with Gasteiger partial charge in [-0.05, 0) is 36.2 Å². The van der Waals surface area contributed by atoms with E-state index < -0.39 is 0 Å². The van der Waals surface area contributed by atoms with E-state index in [4.69, 9.17) is 9.47 Å². The van der Waals surface area contributed by atoms with Crippen molar-refractivity contribution in [3.05, 3.63) is 59.8 Å². The fraction of sp³-hybridized carbons (Fsp3) is 0.211. The highest BCUT2D eigenvalue weighted by atomic mass is 16.7. The second-order valence-corrected chi connectivity index (χ2v) is 5.77. The van der Waals surface area contributed by atoms with Gasteiger partial charge in [0.25, 0.3) is 0 Å². The molecule has 2 aromatic carbocycles. The van der Waals surface area contributed by atoms with Gasteiger partial charge in [0.15, 0.2) is 17.3 Å². The average molecular weight is 307 g/mol. The zero-order chi connectivity index (χ0) is 15.8. The molecule has 0 amide bonds. The maximum Gasteiger partial charge on any atom is 0.231 e. The Kier molecular flexibility index (Phi) is 3.30. The van der Waals surface area contributed by atoms with Gasteiger partial charge in [-0.3, -0.25) is 4.79 Å². The standard InChI is InChI=1S/C19H17NO3/c1-20-11-14(15-4-2-3-5-16(15)20)6-8-17(21)13-7-9-18-19(10-13)23-12-22-18/h2-5,7,9-11H,6,8,12H2,1H3. The minimum atomic E-state index is 0.122. The number of ether oxygens (including phenoxy) is 2. The smallest absolute Gasteiger partial charge is 0.231 e. The molecule has 2 heterocycles. The van der Waals surface area contributed by atoms with E-state index in [9.17, 15) is 4.79 Å². The fourth-order valence-electron chi connectivity index (χ4n) is 3.09. The number of aryl methyl sites for hydroxylation is 2. The first-order chi connectivity index (χ1) is 11.2. The molecule has 23 heavy (non-hydrogen) atoms. The summed E-state index contributed by atoms with van der Waals surface area (Å²) >= 11 is 0. The van der Waals surface area contributed by atoms with Crippen molar-refractivity contribution in [2.24, 2.45) is 7.05 Å². The summed E-state index contributed by atoms with van der Waals surface area (Å²) in [5.41, 5.74) is 3.07. The molecule has 0 N–H and O–H groups in total. The second kappa shape index (κ2) is 5.47. The maximum atomic E-state index is 12.5. The highest BCUT2D eigenvalue weighted by Crippen LogP contribution is 2.33. The van der Waals surface area contributed by atoms with Crippen LogP contribution in [0.25, 0.3) is 10.9 Å². The highest BCUT2D eigenvalue weighted by Gasteiger charge is 2.16. The van der Waals surface area contributed by atoms with Gasteiger partial charge >= 0.3 is 0 Å². The van der Waals surface area contributed by atoms with E-state index in [0.717, 1.165) is 6.42 Å². The molecule has 4 heteroatoms. The van der Waals surface area contributed by atoms with E-state index in [1.165, 1.54) is 16.5 Å². The normalized spacial score (nSPS) is 12.7. The molecule has 1 aromatic heterocycles. The van der Waals surface area contributed by atoms with E-state index in [1.54, 1.807) is 18.2 Å². The molecule has 1 aliphatic heterocycles. The van der Waals surface area contributed by atoms with Crippen molar-refractivity contribution < 1.29 is 14.3 Å². The predicted molar refractivity (Wildman–Crippen MR) is 88.1 cm³/mol. The van der Waals surface area contributed by atoms with Gasteiger partial charge in [0.05, 0.1) is 0 Å². The van der Waals surface area contributed by atoms with Crippen LogP contribution in [0.3, 0.4) is 0 Å². The van der Waals surface area contributed by atoms with Crippen molar-refractivity contribution in [1.29, 1.82) is 0 Å². The molecule has 0 bridgehead atoms. The molecule has 0 aliphatic carbocycles. The molecular weight excluding hydrogens is 290 g/mol. The SMILES string of the molecule is Cn1cc(CCC(=O)c2ccc3c(c2)OCO3)c2ccccc21. The molecule has 0 saturated heterocycles. The van der Waals surface area contributed by atoms with Crippen LogP contribution in [-0.2, 0) is 13.5 Å². The minimum Gasteiger partial charge on any atom is -0.454 e. The molecule has 1 aliphatic rings. The zero-order valence-corrected chi connectivity index (χ0v) is 12.9. The summed E-state index contributed by atoms with van der Waals surface area (Å²) in [6.07, 6.45) is 3.32. The number of fused-ring (bicyclic) bond motifs is 2. The molecule has 0 saturated carbocycles. The summed E-state index contributed by atoms with van der Waals surface area (Å²) < 4.78 is 12.7. The number of hydrogen-bond acceptors (Lipinski definition) is 3. The molecular formula is C19H17NO3. The maximum absolute atomic E-state index is 12.5. The van der Waals surface area contributed by atoms with E-state index >= 15 is 0 Å². The summed E-state index contributed by atoms with van der Waals surface area (Å²) in [7, 11) is 2.03. The first kappa shape index (κ1) is 13.9. The Bertz CT molecular complexity index is 895. The number of carbonyl (C=O) groups is 1. The topological polar surface area (TPSA) is 40.5 Å². The van der Waals surface area contributed by atoms with E-state index in [0.29, 0.717) is 23.5 Å². The first-order valence-electron chi connectivity index (χ1n) is 7.68. The Morgan fingerprint density at radius 1 is 1.13 bits per heavy atom. The Labute approximate surface area is 134 Å². The number of aromatic nitrogens is 1. The lowest BCUT2D eigenvalue weighted by Crippen LogP contribution is -2.01. The van der Waals surface area contributed by atoms with Gasteiger partial charge in [-0.25, -0.2) is 0 Å². The molecule has 0 atom stereocenters. The average Bonchev–Trinajstić information content (AvgIpc) is 3.17. The summed E-state index contributed by atoms with van der Waals surface area (Å²) in [5.74, 6) is 1.48. The van der Waals surface area contributed by atoms with Gasteiger partial charge in [0.1, 0.15) is 0 Å². The lowest BCUT2D eigenvalue weighted by atomic mass is 10.0. The molecule has 0 unspecified atom stereocenters. The number of rotatable bonds is 4. The predicted octanol–water partition coefficient (Wildman–Crippen LogP) is 3.72. The Hall–Kier alpha value is -2.75. The lowest BCUT2D eigenvalue weighted by molar-refractivity contribution is 0.0982. The van der Waals surface area contributed by atoms with Crippen molar-refractivity contribution in [3.63, 3.8) is 0 Å². The van der Waals surface area contributed by atoms with Crippen LogP contribution in [-0.4, -0.2) is 17.1 Å². The van der Waals surface area contributed by atoms with Crippen LogP contribution in [0, 0.1) is 0 Å². The van der Waals surface area contributed by atoms with Gasteiger partial charge in [-0.1, -0.05) is 18.2 Å². The van der Waals surface area contributed by atoms with Crippen molar-refractivity contribution in [1.82, 2.24) is 4.57 Å². The lowest BCUT2D eigenvalue weighted by Gasteiger charge is -2.03. The van der Waals surface area contributed by atoms with Crippen LogP contribution >= 0.6 is 0 Å². The summed E-state index contributed by atoms with van der Waals surface area (Å²) in [5, 5.41) is 1.22.